The molecule has 0 unspecified atom stereocenters. The monoisotopic (exact) mass is 274 g/mol. The Balaban J connectivity index is 2.23. The lowest BCUT2D eigenvalue weighted by Crippen LogP contribution is -1.92. The highest BCUT2D eigenvalue weighted by Gasteiger charge is 2.08. The van der Waals surface area contributed by atoms with Gasteiger partial charge in [-0.15, -0.1) is 0 Å². The van der Waals surface area contributed by atoms with E-state index < -0.39 is 0 Å². The molecule has 98 valence electrons. The van der Waals surface area contributed by atoms with Gasteiger partial charge in [0.1, 0.15) is 5.75 Å². The Hall–Kier alpha value is -1.80. The summed E-state index contributed by atoms with van der Waals surface area (Å²) in [6.07, 6.45) is 2.90. The van der Waals surface area contributed by atoms with Gasteiger partial charge in [-0.1, -0.05) is 43.1 Å². The molecule has 0 saturated carbocycles. The number of para-hydroxylation sites is 1. The summed E-state index contributed by atoms with van der Waals surface area (Å²) in [6.45, 7) is 2.14. The number of ether oxygens (including phenoxy) is 1. The molecule has 0 aliphatic carbocycles. The molecule has 0 saturated heterocycles. The lowest BCUT2D eigenvalue weighted by molar-refractivity contribution is 0.112. The van der Waals surface area contributed by atoms with Crippen molar-refractivity contribution in [1.29, 1.82) is 0 Å². The molecule has 0 fully saturated rings. The summed E-state index contributed by atoms with van der Waals surface area (Å²) in [5.41, 5.74) is 1.72. The average molecular weight is 275 g/mol. The predicted octanol–water partition coefficient (Wildman–Crippen LogP) is 4.90. The van der Waals surface area contributed by atoms with E-state index in [9.17, 15) is 4.79 Å². The van der Waals surface area contributed by atoms with Gasteiger partial charge >= 0.3 is 0 Å². The zero-order chi connectivity index (χ0) is 13.7. The van der Waals surface area contributed by atoms with Crippen LogP contribution in [0.5, 0.6) is 11.5 Å². The van der Waals surface area contributed by atoms with Crippen molar-refractivity contribution >= 4 is 17.9 Å². The lowest BCUT2D eigenvalue weighted by Gasteiger charge is -2.10. The van der Waals surface area contributed by atoms with E-state index in [-0.39, 0.29) is 0 Å². The van der Waals surface area contributed by atoms with Gasteiger partial charge in [-0.25, -0.2) is 0 Å². The summed E-state index contributed by atoms with van der Waals surface area (Å²) < 4.78 is 5.70. The van der Waals surface area contributed by atoms with Crippen LogP contribution in [0, 0.1) is 0 Å². The first-order chi connectivity index (χ1) is 9.24. The van der Waals surface area contributed by atoms with Crippen LogP contribution in [-0.4, -0.2) is 6.29 Å². The van der Waals surface area contributed by atoms with Crippen LogP contribution < -0.4 is 4.74 Å². The van der Waals surface area contributed by atoms with Crippen molar-refractivity contribution in [3.8, 4) is 11.5 Å². The predicted molar refractivity (Wildman–Crippen MR) is 77.4 cm³/mol. The molecule has 19 heavy (non-hydrogen) atoms. The third-order valence-corrected chi connectivity index (χ3v) is 3.10. The number of aldehydes is 1. The summed E-state index contributed by atoms with van der Waals surface area (Å²) in [7, 11) is 0. The molecule has 0 bridgehead atoms. The first kappa shape index (κ1) is 13.6. The number of hydrogen-bond acceptors (Lipinski definition) is 2. The molecule has 2 rings (SSSR count). The van der Waals surface area contributed by atoms with Crippen molar-refractivity contribution in [3.05, 3.63) is 58.6 Å². The molecular formula is C16H15ClO2. The highest BCUT2D eigenvalue weighted by Crippen LogP contribution is 2.32. The van der Waals surface area contributed by atoms with E-state index in [1.807, 2.05) is 24.3 Å². The van der Waals surface area contributed by atoms with Gasteiger partial charge in [-0.2, -0.15) is 0 Å². The van der Waals surface area contributed by atoms with Crippen molar-refractivity contribution in [2.45, 2.75) is 19.8 Å². The van der Waals surface area contributed by atoms with Crippen molar-refractivity contribution in [2.24, 2.45) is 0 Å². The van der Waals surface area contributed by atoms with Crippen molar-refractivity contribution < 1.29 is 9.53 Å². The fourth-order valence-electron chi connectivity index (χ4n) is 1.86. The van der Waals surface area contributed by atoms with Gasteiger partial charge in [-0.05, 0) is 36.2 Å². The molecule has 2 aromatic rings. The molecule has 2 aromatic carbocycles. The highest BCUT2D eigenvalue weighted by atomic mass is 35.5. The second kappa shape index (κ2) is 6.39. The van der Waals surface area contributed by atoms with Gasteiger partial charge in [0.25, 0.3) is 0 Å². The highest BCUT2D eigenvalue weighted by molar-refractivity contribution is 6.32. The lowest BCUT2D eigenvalue weighted by atomic mass is 10.1. The first-order valence-electron chi connectivity index (χ1n) is 6.25. The van der Waals surface area contributed by atoms with Gasteiger partial charge in [0.05, 0.1) is 10.6 Å². The minimum absolute atomic E-state index is 0.405. The number of halogens is 1. The smallest absolute Gasteiger partial charge is 0.156 e. The largest absolute Gasteiger partial charge is 0.455 e. The Morgan fingerprint density at radius 3 is 2.53 bits per heavy atom. The zero-order valence-electron chi connectivity index (χ0n) is 10.7. The molecule has 0 aliphatic heterocycles. The van der Waals surface area contributed by atoms with Crippen LogP contribution in [0.2, 0.25) is 5.02 Å². The Bertz CT molecular complexity index is 561. The van der Waals surface area contributed by atoms with Crippen molar-refractivity contribution in [2.75, 3.05) is 0 Å². The summed E-state index contributed by atoms with van der Waals surface area (Å²) in [4.78, 5) is 11.0. The molecule has 0 aliphatic rings. The van der Waals surface area contributed by atoms with Gasteiger partial charge in [0, 0.05) is 0 Å². The molecule has 2 nitrogen and oxygen atoms in total. The molecule has 0 amide bonds. The summed E-state index contributed by atoms with van der Waals surface area (Å²) in [5, 5.41) is 0.433. The Morgan fingerprint density at radius 2 is 1.89 bits per heavy atom. The maximum absolute atomic E-state index is 11.0. The fraction of sp³-hybridized carbons (Fsp3) is 0.188. The molecule has 0 heterocycles. The van der Waals surface area contributed by atoms with E-state index >= 15 is 0 Å². The summed E-state index contributed by atoms with van der Waals surface area (Å²) in [6, 6.07) is 12.9. The standard InChI is InChI=1S/C16H15ClO2/c1-2-4-12-7-9-14(10-8-12)19-16-13(11-18)5-3-6-15(16)17/h3,5-11H,2,4H2,1H3. The Morgan fingerprint density at radius 1 is 1.16 bits per heavy atom. The third kappa shape index (κ3) is 3.36. The van der Waals surface area contributed by atoms with Crippen molar-refractivity contribution in [1.82, 2.24) is 0 Å². The normalized spacial score (nSPS) is 10.2. The summed E-state index contributed by atoms with van der Waals surface area (Å²) >= 11 is 6.06. The molecule has 0 aromatic heterocycles. The molecule has 3 heteroatoms. The van der Waals surface area contributed by atoms with E-state index in [4.69, 9.17) is 16.3 Å². The molecule has 0 radical (unpaired) electrons. The van der Waals surface area contributed by atoms with Gasteiger partial charge in [-0.3, -0.25) is 4.79 Å². The number of carbonyl (C=O) groups excluding carboxylic acids is 1. The Kier molecular flexibility index (Phi) is 4.58. The van der Waals surface area contributed by atoms with Gasteiger partial charge in [0.15, 0.2) is 12.0 Å². The number of benzene rings is 2. The second-order valence-corrected chi connectivity index (χ2v) is 4.68. The van der Waals surface area contributed by atoms with Crippen molar-refractivity contribution in [3.63, 3.8) is 0 Å². The SMILES string of the molecule is CCCc1ccc(Oc2c(Cl)cccc2C=O)cc1. The van der Waals surface area contributed by atoms with Crippen LogP contribution >= 0.6 is 11.6 Å². The molecule has 0 atom stereocenters. The number of carbonyl (C=O) groups is 1. The maximum atomic E-state index is 11.0. The quantitative estimate of drug-likeness (QED) is 0.725. The van der Waals surface area contributed by atoms with Crippen LogP contribution in [-0.2, 0) is 6.42 Å². The number of aryl methyl sites for hydroxylation is 1. The fourth-order valence-corrected chi connectivity index (χ4v) is 2.08. The van der Waals surface area contributed by atoms with Crippen LogP contribution in [0.15, 0.2) is 42.5 Å². The average Bonchev–Trinajstić information content (AvgIpc) is 2.43. The van der Waals surface area contributed by atoms with E-state index in [0.717, 1.165) is 19.1 Å². The van der Waals surface area contributed by atoms with E-state index in [1.54, 1.807) is 18.2 Å². The van der Waals surface area contributed by atoms with Gasteiger partial charge in [0.2, 0.25) is 0 Å². The zero-order valence-corrected chi connectivity index (χ0v) is 11.5. The summed E-state index contributed by atoms with van der Waals surface area (Å²) in [5.74, 6) is 1.08. The molecular weight excluding hydrogens is 260 g/mol. The first-order valence-corrected chi connectivity index (χ1v) is 6.63. The minimum Gasteiger partial charge on any atom is -0.455 e. The number of hydrogen-bond donors (Lipinski definition) is 0. The minimum atomic E-state index is 0.405. The maximum Gasteiger partial charge on any atom is 0.156 e. The number of rotatable bonds is 5. The van der Waals surface area contributed by atoms with E-state index in [2.05, 4.69) is 6.92 Å². The van der Waals surface area contributed by atoms with E-state index in [1.165, 1.54) is 5.56 Å². The van der Waals surface area contributed by atoms with Crippen LogP contribution in [0.3, 0.4) is 0 Å². The third-order valence-electron chi connectivity index (χ3n) is 2.81. The second-order valence-electron chi connectivity index (χ2n) is 4.27. The van der Waals surface area contributed by atoms with E-state index in [0.29, 0.717) is 22.1 Å². The van der Waals surface area contributed by atoms with Crippen LogP contribution in [0.25, 0.3) is 0 Å². The van der Waals surface area contributed by atoms with Crippen LogP contribution in [0.4, 0.5) is 0 Å². The Labute approximate surface area is 118 Å². The topological polar surface area (TPSA) is 26.3 Å². The molecule has 0 spiro atoms. The van der Waals surface area contributed by atoms with Gasteiger partial charge < -0.3 is 4.74 Å². The van der Waals surface area contributed by atoms with Crippen LogP contribution in [0.1, 0.15) is 29.3 Å². The molecule has 0 N–H and O–H groups in total.